The average Bonchev–Trinajstić information content (AvgIpc) is 2.95. The zero-order valence-electron chi connectivity index (χ0n) is 15.9. The Morgan fingerprint density at radius 1 is 1.17 bits per heavy atom. The molecule has 0 aliphatic carbocycles. The lowest BCUT2D eigenvalue weighted by atomic mass is 10.1. The molecule has 2 aromatic carbocycles. The lowest BCUT2D eigenvalue weighted by molar-refractivity contribution is 0.0557. The van der Waals surface area contributed by atoms with Crippen molar-refractivity contribution in [2.24, 2.45) is 7.05 Å². The molecule has 0 saturated heterocycles. The minimum atomic E-state index is -5.68. The molecule has 11 heteroatoms. The molecule has 0 aliphatic heterocycles. The van der Waals surface area contributed by atoms with Crippen molar-refractivity contribution >= 4 is 35.3 Å². The zero-order valence-corrected chi connectivity index (χ0v) is 19.2. The van der Waals surface area contributed by atoms with E-state index in [1.54, 1.807) is 25.0 Å². The molecule has 0 radical (unpaired) electrons. The van der Waals surface area contributed by atoms with Crippen molar-refractivity contribution in [2.75, 3.05) is 6.26 Å². The quantitative estimate of drug-likeness (QED) is 0.367. The van der Waals surface area contributed by atoms with Crippen LogP contribution in [0.2, 0.25) is 0 Å². The number of aryl methyl sites for hydroxylation is 1. The van der Waals surface area contributed by atoms with Crippen molar-refractivity contribution in [3.05, 3.63) is 74.7 Å². The fraction of sp³-hybridized carbons (Fsp3) is 0.211. The molecule has 30 heavy (non-hydrogen) atoms. The van der Waals surface area contributed by atoms with Crippen LogP contribution in [0.3, 0.4) is 0 Å². The van der Waals surface area contributed by atoms with Gasteiger partial charge in [-0.1, -0.05) is 40.2 Å². The second-order valence-corrected chi connectivity index (χ2v) is 10.0. The number of rotatable bonds is 6. The number of halogens is 3. The third-order valence-electron chi connectivity index (χ3n) is 4.59. The maximum atomic E-state index is 14.0. The van der Waals surface area contributed by atoms with Crippen molar-refractivity contribution in [3.63, 3.8) is 0 Å². The Balaban J connectivity index is 2.00. The Hall–Kier alpha value is -1.71. The molecule has 1 heterocycles. The van der Waals surface area contributed by atoms with Gasteiger partial charge in [-0.05, 0) is 35.6 Å². The molecule has 3 rings (SSSR count). The summed E-state index contributed by atoms with van der Waals surface area (Å²) in [4.78, 5) is 31.6. The molecule has 0 fully saturated rings. The summed E-state index contributed by atoms with van der Waals surface area (Å²) in [6.45, 7) is 0.0969. The monoisotopic (exact) mass is 518 g/mol. The van der Waals surface area contributed by atoms with Crippen LogP contribution in [0, 0.1) is 0 Å². The maximum Gasteiger partial charge on any atom is 0.399 e. The molecule has 0 unspecified atom stereocenters. The number of thioether (sulfide) groups is 1. The average molecular weight is 519 g/mol. The van der Waals surface area contributed by atoms with Gasteiger partial charge >= 0.3 is 18.9 Å². The number of nitrogens with zero attached hydrogens (tertiary/aromatic N) is 2. The fourth-order valence-electron chi connectivity index (χ4n) is 2.99. The van der Waals surface area contributed by atoms with Crippen LogP contribution in [0.4, 0.5) is 8.78 Å². The predicted octanol–water partition coefficient (Wildman–Crippen LogP) is 4.61. The molecule has 0 spiro atoms. The Morgan fingerprint density at radius 2 is 1.80 bits per heavy atom. The van der Waals surface area contributed by atoms with Crippen LogP contribution in [-0.4, -0.2) is 25.2 Å². The summed E-state index contributed by atoms with van der Waals surface area (Å²) in [5, 5.41) is 0. The molecule has 0 aliphatic rings. The molecule has 0 amide bonds. The summed E-state index contributed by atoms with van der Waals surface area (Å²) in [6.07, 6.45) is 3.66. The minimum absolute atomic E-state index is 0.0969. The first-order valence-corrected chi connectivity index (χ1v) is 12.2. The minimum Gasteiger partial charge on any atom is -0.320 e. The van der Waals surface area contributed by atoms with Crippen molar-refractivity contribution < 1.29 is 23.1 Å². The summed E-state index contributed by atoms with van der Waals surface area (Å²) in [5.41, 5.74) is -3.40. The van der Waals surface area contributed by atoms with E-state index in [2.05, 4.69) is 15.9 Å². The molecular formula is C19H18BrF2N2O4PS. The van der Waals surface area contributed by atoms with Crippen molar-refractivity contribution in [3.8, 4) is 11.3 Å². The van der Waals surface area contributed by atoms with E-state index in [9.17, 15) is 18.1 Å². The molecule has 0 atom stereocenters. The zero-order chi connectivity index (χ0) is 22.3. The van der Waals surface area contributed by atoms with E-state index in [1.807, 2.05) is 30.5 Å². The van der Waals surface area contributed by atoms with E-state index in [-0.39, 0.29) is 16.7 Å². The molecule has 0 saturated carbocycles. The first kappa shape index (κ1) is 23.0. The van der Waals surface area contributed by atoms with Crippen molar-refractivity contribution in [2.45, 2.75) is 17.1 Å². The standard InChI is InChI=1S/C19H18BrF2N2O4PS/c1-23-11-17(13-4-6-14(30-2)7-5-13)24(18(23)25)10-12-3-8-15(16(20)9-12)19(21,22)29(26,27)28/h3-9,11H,10H2,1-2H3,(H2,26,27,28). The van der Waals surface area contributed by atoms with Gasteiger partial charge in [-0.25, -0.2) is 4.79 Å². The topological polar surface area (TPSA) is 84.5 Å². The molecule has 1 aromatic heterocycles. The number of aromatic nitrogens is 2. The summed E-state index contributed by atoms with van der Waals surface area (Å²) in [5.74, 6) is 0. The van der Waals surface area contributed by atoms with Crippen LogP contribution >= 0.6 is 35.3 Å². The number of hydrogen-bond acceptors (Lipinski definition) is 3. The van der Waals surface area contributed by atoms with Gasteiger partial charge in [0.15, 0.2) is 0 Å². The van der Waals surface area contributed by atoms with E-state index in [4.69, 9.17) is 9.79 Å². The molecule has 2 N–H and O–H groups in total. The Kier molecular flexibility index (Phi) is 6.46. The van der Waals surface area contributed by atoms with Crippen LogP contribution in [-0.2, 0) is 23.8 Å². The van der Waals surface area contributed by atoms with Gasteiger partial charge in [0.05, 0.1) is 12.2 Å². The SMILES string of the molecule is CSc1ccc(-c2cn(C)c(=O)n2Cc2ccc(C(F)(F)P(=O)(O)O)c(Br)c2)cc1. The van der Waals surface area contributed by atoms with Crippen LogP contribution in [0.5, 0.6) is 0 Å². The van der Waals surface area contributed by atoms with Gasteiger partial charge in [-0.2, -0.15) is 8.78 Å². The third kappa shape index (κ3) is 4.33. The van der Waals surface area contributed by atoms with E-state index in [0.717, 1.165) is 16.5 Å². The molecule has 6 nitrogen and oxygen atoms in total. The van der Waals surface area contributed by atoms with Crippen LogP contribution in [0.1, 0.15) is 11.1 Å². The maximum absolute atomic E-state index is 14.0. The van der Waals surface area contributed by atoms with Crippen molar-refractivity contribution in [1.29, 1.82) is 0 Å². The summed E-state index contributed by atoms with van der Waals surface area (Å²) >= 11 is 4.57. The number of hydrogen-bond donors (Lipinski definition) is 2. The van der Waals surface area contributed by atoms with Gasteiger partial charge in [-0.3, -0.25) is 9.13 Å². The first-order chi connectivity index (χ1) is 14.0. The van der Waals surface area contributed by atoms with Gasteiger partial charge in [0.25, 0.3) is 0 Å². The first-order valence-electron chi connectivity index (χ1n) is 8.58. The second-order valence-electron chi connectivity index (χ2n) is 6.62. The molecule has 160 valence electrons. The molecule has 0 bridgehead atoms. The van der Waals surface area contributed by atoms with E-state index in [1.165, 1.54) is 21.3 Å². The molecule has 3 aromatic rings. The largest absolute Gasteiger partial charge is 0.399 e. The number of imidazole rings is 1. The highest BCUT2D eigenvalue weighted by Gasteiger charge is 2.51. The third-order valence-corrected chi connectivity index (χ3v) is 6.96. The molecular weight excluding hydrogens is 501 g/mol. The highest BCUT2D eigenvalue weighted by molar-refractivity contribution is 9.10. The number of benzene rings is 2. The Morgan fingerprint density at radius 3 is 2.33 bits per heavy atom. The number of alkyl halides is 2. The summed E-state index contributed by atoms with van der Waals surface area (Å²) < 4.78 is 42.0. The smallest absolute Gasteiger partial charge is 0.320 e. The van der Waals surface area contributed by atoms with Gasteiger partial charge in [0.1, 0.15) is 0 Å². The summed E-state index contributed by atoms with van der Waals surface area (Å²) in [6, 6.07) is 11.3. The highest BCUT2D eigenvalue weighted by atomic mass is 79.9. The van der Waals surface area contributed by atoms with E-state index >= 15 is 0 Å². The second kappa shape index (κ2) is 8.43. The Bertz CT molecular complexity index is 1190. The normalized spacial score (nSPS) is 12.4. The lowest BCUT2D eigenvalue weighted by Gasteiger charge is -2.19. The highest BCUT2D eigenvalue weighted by Crippen LogP contribution is 2.60. The van der Waals surface area contributed by atoms with Gasteiger partial charge in [0, 0.05) is 28.2 Å². The van der Waals surface area contributed by atoms with Crippen LogP contribution in [0.25, 0.3) is 11.3 Å². The lowest BCUT2D eigenvalue weighted by Crippen LogP contribution is -2.23. The van der Waals surface area contributed by atoms with Gasteiger partial charge in [0.2, 0.25) is 0 Å². The predicted molar refractivity (Wildman–Crippen MR) is 116 cm³/mol. The fourth-order valence-corrected chi connectivity index (χ4v) is 4.73. The van der Waals surface area contributed by atoms with Gasteiger partial charge < -0.3 is 14.4 Å². The van der Waals surface area contributed by atoms with E-state index in [0.29, 0.717) is 11.3 Å². The van der Waals surface area contributed by atoms with Crippen LogP contribution in [0.15, 0.2) is 62.8 Å². The van der Waals surface area contributed by atoms with E-state index < -0.39 is 18.8 Å². The van der Waals surface area contributed by atoms with Crippen molar-refractivity contribution in [1.82, 2.24) is 9.13 Å². The van der Waals surface area contributed by atoms with Crippen LogP contribution < -0.4 is 5.69 Å². The Labute approximate surface area is 183 Å². The van der Waals surface area contributed by atoms with Gasteiger partial charge in [-0.15, -0.1) is 11.8 Å². The summed E-state index contributed by atoms with van der Waals surface area (Å²) in [7, 11) is -4.06.